The van der Waals surface area contributed by atoms with Crippen molar-refractivity contribution in [1.82, 2.24) is 5.32 Å². The Bertz CT molecular complexity index is 317. The van der Waals surface area contributed by atoms with Gasteiger partial charge in [0.05, 0.1) is 0 Å². The number of hydrogen-bond donors (Lipinski definition) is 2. The summed E-state index contributed by atoms with van der Waals surface area (Å²) in [4.78, 5) is 11.9. The van der Waals surface area contributed by atoms with E-state index in [9.17, 15) is 4.79 Å². The molecule has 0 saturated heterocycles. The molecule has 0 radical (unpaired) electrons. The molecule has 0 aromatic carbocycles. The van der Waals surface area contributed by atoms with Gasteiger partial charge < -0.3 is 5.32 Å². The first kappa shape index (κ1) is 13.3. The van der Waals surface area contributed by atoms with Crippen molar-refractivity contribution in [2.75, 3.05) is 12.3 Å². The molecule has 2 fully saturated rings. The first-order valence-electron chi connectivity index (χ1n) is 6.63. The van der Waals surface area contributed by atoms with Crippen molar-refractivity contribution in [3.8, 4) is 0 Å². The van der Waals surface area contributed by atoms with Gasteiger partial charge in [0.2, 0.25) is 5.91 Å². The summed E-state index contributed by atoms with van der Waals surface area (Å²) in [5, 5.41) is 3.11. The van der Waals surface area contributed by atoms with Crippen molar-refractivity contribution in [2.45, 2.75) is 47.0 Å². The predicted octanol–water partition coefficient (Wildman–Crippen LogP) is 2.88. The maximum atomic E-state index is 11.9. The van der Waals surface area contributed by atoms with Gasteiger partial charge in [-0.2, -0.15) is 12.6 Å². The van der Waals surface area contributed by atoms with Crippen LogP contribution in [0.5, 0.6) is 0 Å². The second-order valence-corrected chi connectivity index (χ2v) is 7.45. The van der Waals surface area contributed by atoms with Crippen LogP contribution in [-0.2, 0) is 4.79 Å². The van der Waals surface area contributed by atoms with Crippen LogP contribution in [0.3, 0.4) is 0 Å². The zero-order chi connectivity index (χ0) is 12.9. The van der Waals surface area contributed by atoms with Gasteiger partial charge in [-0.05, 0) is 40.8 Å². The summed E-state index contributed by atoms with van der Waals surface area (Å²) in [7, 11) is 0. The fourth-order valence-electron chi connectivity index (χ4n) is 3.03. The van der Waals surface area contributed by atoms with E-state index in [1.54, 1.807) is 0 Å². The first-order valence-corrected chi connectivity index (χ1v) is 7.26. The summed E-state index contributed by atoms with van der Waals surface area (Å²) in [6.45, 7) is 10.0. The molecule has 2 nitrogen and oxygen atoms in total. The van der Waals surface area contributed by atoms with E-state index in [1.807, 2.05) is 0 Å². The summed E-state index contributed by atoms with van der Waals surface area (Å²) in [6, 6.07) is 0. The van der Waals surface area contributed by atoms with E-state index >= 15 is 0 Å². The van der Waals surface area contributed by atoms with E-state index in [2.05, 4.69) is 45.6 Å². The molecule has 98 valence electrons. The molecule has 0 bridgehead atoms. The van der Waals surface area contributed by atoms with Gasteiger partial charge in [0.1, 0.15) is 0 Å². The molecule has 2 aliphatic carbocycles. The molecule has 0 aromatic heterocycles. The van der Waals surface area contributed by atoms with Crippen molar-refractivity contribution in [2.24, 2.45) is 22.2 Å². The minimum Gasteiger partial charge on any atom is -0.356 e. The topological polar surface area (TPSA) is 29.1 Å². The molecule has 2 saturated carbocycles. The molecule has 0 heterocycles. The number of rotatable bonds is 5. The largest absolute Gasteiger partial charge is 0.356 e. The molecule has 2 aliphatic rings. The van der Waals surface area contributed by atoms with Gasteiger partial charge in [0.15, 0.2) is 0 Å². The highest BCUT2D eigenvalue weighted by Gasteiger charge is 2.64. The van der Waals surface area contributed by atoms with E-state index in [0.717, 1.165) is 12.3 Å². The lowest BCUT2D eigenvalue weighted by Crippen LogP contribution is -2.29. The number of carbonyl (C=O) groups excluding carboxylic acids is 1. The van der Waals surface area contributed by atoms with E-state index in [1.165, 1.54) is 12.8 Å². The average Bonchev–Trinajstić information content (AvgIpc) is 3.05. The Balaban J connectivity index is 1.75. The molecule has 0 aromatic rings. The van der Waals surface area contributed by atoms with Crippen molar-refractivity contribution < 1.29 is 4.79 Å². The molecule has 3 heteroatoms. The van der Waals surface area contributed by atoms with E-state index in [0.29, 0.717) is 23.2 Å². The molecule has 1 amide bonds. The van der Waals surface area contributed by atoms with Crippen LogP contribution in [0.25, 0.3) is 0 Å². The maximum Gasteiger partial charge on any atom is 0.220 e. The molecule has 0 spiro atoms. The van der Waals surface area contributed by atoms with E-state index in [-0.39, 0.29) is 11.3 Å². The highest BCUT2D eigenvalue weighted by molar-refractivity contribution is 7.80. The minimum absolute atomic E-state index is 0.218. The van der Waals surface area contributed by atoms with Crippen molar-refractivity contribution in [3.63, 3.8) is 0 Å². The van der Waals surface area contributed by atoms with E-state index in [4.69, 9.17) is 0 Å². The second kappa shape index (κ2) is 3.91. The Kier molecular flexibility index (Phi) is 3.05. The Labute approximate surface area is 110 Å². The van der Waals surface area contributed by atoms with Gasteiger partial charge in [-0.3, -0.25) is 4.79 Å². The van der Waals surface area contributed by atoms with Crippen molar-refractivity contribution in [1.29, 1.82) is 0 Å². The van der Waals surface area contributed by atoms with Gasteiger partial charge in [-0.15, -0.1) is 0 Å². The zero-order valence-electron chi connectivity index (χ0n) is 11.5. The fourth-order valence-corrected chi connectivity index (χ4v) is 3.46. The number of amides is 1. The van der Waals surface area contributed by atoms with Crippen LogP contribution >= 0.6 is 12.6 Å². The Morgan fingerprint density at radius 2 is 1.76 bits per heavy atom. The van der Waals surface area contributed by atoms with Crippen LogP contribution in [0.15, 0.2) is 0 Å². The van der Waals surface area contributed by atoms with Crippen molar-refractivity contribution in [3.05, 3.63) is 0 Å². The smallest absolute Gasteiger partial charge is 0.220 e. The summed E-state index contributed by atoms with van der Waals surface area (Å²) in [5.41, 5.74) is 0.962. The molecule has 17 heavy (non-hydrogen) atoms. The van der Waals surface area contributed by atoms with Crippen LogP contribution in [0, 0.1) is 22.2 Å². The lowest BCUT2D eigenvalue weighted by Gasteiger charge is -2.12. The number of nitrogens with one attached hydrogen (secondary N) is 1. The fraction of sp³-hybridized carbons (Fsp3) is 0.929. The molecular weight excluding hydrogens is 230 g/mol. The highest BCUT2D eigenvalue weighted by Crippen LogP contribution is 2.67. The molecular formula is C14H25NOS. The number of carbonyl (C=O) groups is 1. The Morgan fingerprint density at radius 3 is 2.12 bits per heavy atom. The monoisotopic (exact) mass is 255 g/mol. The third-order valence-electron chi connectivity index (χ3n) is 5.65. The average molecular weight is 255 g/mol. The number of thiol groups is 1. The summed E-state index contributed by atoms with van der Waals surface area (Å²) < 4.78 is 0. The Hall–Kier alpha value is -0.180. The molecule has 0 unspecified atom stereocenters. The molecule has 2 rings (SSSR count). The lowest BCUT2D eigenvalue weighted by atomic mass is 10.0. The van der Waals surface area contributed by atoms with Crippen LogP contribution < -0.4 is 5.32 Å². The van der Waals surface area contributed by atoms with Crippen LogP contribution in [-0.4, -0.2) is 18.2 Å². The quantitative estimate of drug-likeness (QED) is 0.727. The third-order valence-corrected chi connectivity index (χ3v) is 6.32. The standard InChI is InChI=1S/C14H25NOS/c1-12(2)10(13(12,3)4)8-15-11(16)7-14(9-17)5-6-14/h10,17H,5-9H2,1-4H3,(H,15,16). The summed E-state index contributed by atoms with van der Waals surface area (Å²) in [6.07, 6.45) is 3.01. The van der Waals surface area contributed by atoms with Gasteiger partial charge in [-0.1, -0.05) is 27.7 Å². The minimum atomic E-state index is 0.218. The van der Waals surface area contributed by atoms with Gasteiger partial charge in [0.25, 0.3) is 0 Å². The lowest BCUT2D eigenvalue weighted by molar-refractivity contribution is -0.122. The number of hydrogen-bond acceptors (Lipinski definition) is 2. The summed E-state index contributed by atoms with van der Waals surface area (Å²) >= 11 is 4.33. The van der Waals surface area contributed by atoms with Crippen LogP contribution in [0.1, 0.15) is 47.0 Å². The third kappa shape index (κ3) is 2.23. The SMILES string of the molecule is CC1(C)C(CNC(=O)CC2(CS)CC2)C1(C)C. The van der Waals surface area contributed by atoms with Gasteiger partial charge in [0, 0.05) is 13.0 Å². The van der Waals surface area contributed by atoms with Crippen LogP contribution in [0.4, 0.5) is 0 Å². The van der Waals surface area contributed by atoms with E-state index < -0.39 is 0 Å². The molecule has 0 atom stereocenters. The summed E-state index contributed by atoms with van der Waals surface area (Å²) in [5.74, 6) is 1.68. The van der Waals surface area contributed by atoms with Gasteiger partial charge in [-0.25, -0.2) is 0 Å². The second-order valence-electron chi connectivity index (χ2n) is 7.13. The molecule has 1 N–H and O–H groups in total. The normalized spacial score (nSPS) is 27.6. The Morgan fingerprint density at radius 1 is 1.24 bits per heavy atom. The zero-order valence-corrected chi connectivity index (χ0v) is 12.4. The van der Waals surface area contributed by atoms with Crippen LogP contribution in [0.2, 0.25) is 0 Å². The highest BCUT2D eigenvalue weighted by atomic mass is 32.1. The maximum absolute atomic E-state index is 11.9. The van der Waals surface area contributed by atoms with Gasteiger partial charge >= 0.3 is 0 Å². The first-order chi connectivity index (χ1) is 7.75. The van der Waals surface area contributed by atoms with Crippen molar-refractivity contribution >= 4 is 18.5 Å². The predicted molar refractivity (Wildman–Crippen MR) is 74.2 cm³/mol. The molecule has 0 aliphatic heterocycles.